The van der Waals surface area contributed by atoms with Crippen LogP contribution in [0.5, 0.6) is 0 Å². The summed E-state index contributed by atoms with van der Waals surface area (Å²) >= 11 is 11.7. The number of phosphoric acid groups is 3. The molecule has 1 aliphatic heterocycles. The van der Waals surface area contributed by atoms with Crippen LogP contribution in [-0.4, -0.2) is 57.9 Å². The van der Waals surface area contributed by atoms with Gasteiger partial charge in [0.1, 0.15) is 18.0 Å². The highest BCUT2D eigenvalue weighted by molar-refractivity contribution is 7.66. The Hall–Kier alpha value is -0.850. The van der Waals surface area contributed by atoms with Gasteiger partial charge in [-0.05, 0) is 17.7 Å². The van der Waals surface area contributed by atoms with Crippen molar-refractivity contribution in [2.24, 2.45) is 0 Å². The van der Waals surface area contributed by atoms with Crippen LogP contribution in [-0.2, 0) is 31.6 Å². The van der Waals surface area contributed by atoms with Gasteiger partial charge in [0.25, 0.3) is 0 Å². The predicted octanol–water partition coefficient (Wildman–Crippen LogP) is -0.396. The number of nitrogens with zero attached hydrogens (tertiary/aromatic N) is 2. The summed E-state index contributed by atoms with van der Waals surface area (Å²) in [5.41, 5.74) is 4.44. The van der Waals surface area contributed by atoms with Crippen LogP contribution in [0, 0.1) is 11.3 Å². The molecule has 7 N–H and O–H groups in total. The molecule has 1 saturated heterocycles. The third kappa shape index (κ3) is 6.83. The molecule has 32 heavy (non-hydrogen) atoms. The first-order chi connectivity index (χ1) is 14.5. The van der Waals surface area contributed by atoms with E-state index in [1.54, 1.807) is 0 Å². The molecule has 4 unspecified atom stereocenters. The molecule has 0 saturated carbocycles. The average Bonchev–Trinajstić information content (AvgIpc) is 2.82. The summed E-state index contributed by atoms with van der Waals surface area (Å²) in [6.07, 6.45) is -3.90. The number of aliphatic hydroxyl groups excluding tert-OH is 1. The SMILES string of the molecule is Nc1ccn([C@@H]2O[C@H](COP(=O)(O)OP(=O)(O)OP(=O)(O)O)C(O)C2(Cl)C#CCl)c(=O)n1. The molecular formula is C11H14Cl2N3O13P3. The Labute approximate surface area is 188 Å². The van der Waals surface area contributed by atoms with E-state index in [1.807, 2.05) is 5.38 Å². The molecule has 1 aliphatic rings. The predicted molar refractivity (Wildman–Crippen MR) is 105 cm³/mol. The van der Waals surface area contributed by atoms with E-state index in [9.17, 15) is 28.5 Å². The summed E-state index contributed by atoms with van der Waals surface area (Å²) < 4.78 is 51.6. The van der Waals surface area contributed by atoms with Crippen molar-refractivity contribution >= 4 is 52.5 Å². The number of rotatable bonds is 8. The highest BCUT2D eigenvalue weighted by Crippen LogP contribution is 2.66. The van der Waals surface area contributed by atoms with Crippen LogP contribution < -0.4 is 11.4 Å². The summed E-state index contributed by atoms with van der Waals surface area (Å²) in [6, 6.07) is 1.20. The zero-order chi connectivity index (χ0) is 24.5. The lowest BCUT2D eigenvalue weighted by molar-refractivity contribution is -0.0455. The summed E-state index contributed by atoms with van der Waals surface area (Å²) in [5, 5.41) is 12.4. The summed E-state index contributed by atoms with van der Waals surface area (Å²) in [6.45, 7) is -1.06. The second-order valence-corrected chi connectivity index (χ2v) is 11.1. The zero-order valence-electron chi connectivity index (χ0n) is 15.2. The van der Waals surface area contributed by atoms with E-state index in [0.29, 0.717) is 0 Å². The Bertz CT molecular complexity index is 1130. The second-order valence-electron chi connectivity index (χ2n) is 5.89. The quantitative estimate of drug-likeness (QED) is 0.135. The van der Waals surface area contributed by atoms with Crippen molar-refractivity contribution < 1.29 is 56.3 Å². The van der Waals surface area contributed by atoms with Crippen molar-refractivity contribution in [2.75, 3.05) is 12.3 Å². The standard InChI is InChI=1S/C11H14Cl2N3O13P3/c12-3-2-11(13)8(17)6(27-9(11)16-4-1-7(14)15-10(16)18)5-26-31(22,23)29-32(24,25)28-30(19,20)21/h1,4,6,8-9,17H,5H2,(H,22,23)(H,24,25)(H2,14,15,18)(H2,19,20,21)/t6-,8?,9-,11?/m1/s1. The summed E-state index contributed by atoms with van der Waals surface area (Å²) in [4.78, 5) is 49.2. The van der Waals surface area contributed by atoms with Crippen LogP contribution in [0.3, 0.4) is 0 Å². The van der Waals surface area contributed by atoms with E-state index < -0.39 is 59.1 Å². The summed E-state index contributed by atoms with van der Waals surface area (Å²) in [7, 11) is -16.9. The Morgan fingerprint density at radius 2 is 1.88 bits per heavy atom. The highest BCUT2D eigenvalue weighted by atomic mass is 35.5. The third-order valence-corrected chi connectivity index (χ3v) is 8.01. The molecular weight excluding hydrogens is 546 g/mol. The van der Waals surface area contributed by atoms with Gasteiger partial charge in [-0.2, -0.15) is 13.6 Å². The lowest BCUT2D eigenvalue weighted by atomic mass is 9.99. The largest absolute Gasteiger partial charge is 0.490 e. The number of nitrogens with two attached hydrogens (primary N) is 1. The maximum atomic E-state index is 12.1. The molecule has 0 aliphatic carbocycles. The molecule has 1 aromatic rings. The van der Waals surface area contributed by atoms with Gasteiger partial charge in [0.05, 0.1) is 6.61 Å². The van der Waals surface area contributed by atoms with Crippen molar-refractivity contribution in [3.8, 4) is 11.3 Å². The number of alkyl halides is 1. The lowest BCUT2D eigenvalue weighted by Crippen LogP contribution is -2.43. The second kappa shape index (κ2) is 9.79. The maximum Gasteiger partial charge on any atom is 0.490 e. The van der Waals surface area contributed by atoms with Crippen LogP contribution in [0.15, 0.2) is 17.1 Å². The molecule has 0 radical (unpaired) electrons. The minimum Gasteiger partial charge on any atom is -0.387 e. The van der Waals surface area contributed by atoms with Crippen molar-refractivity contribution in [3.05, 3.63) is 22.7 Å². The summed E-state index contributed by atoms with van der Waals surface area (Å²) in [5.74, 6) is 2.09. The number of phosphoric ester groups is 1. The van der Waals surface area contributed by atoms with E-state index in [2.05, 4.69) is 24.0 Å². The van der Waals surface area contributed by atoms with E-state index in [1.165, 1.54) is 6.07 Å². The number of aromatic nitrogens is 2. The van der Waals surface area contributed by atoms with Gasteiger partial charge in [-0.3, -0.25) is 9.09 Å². The van der Waals surface area contributed by atoms with Crippen LogP contribution in [0.2, 0.25) is 0 Å². The van der Waals surface area contributed by atoms with Gasteiger partial charge in [-0.25, -0.2) is 18.5 Å². The molecule has 0 spiro atoms. The first-order valence-electron chi connectivity index (χ1n) is 7.78. The molecule has 1 aromatic heterocycles. The fourth-order valence-electron chi connectivity index (χ4n) is 2.44. The fraction of sp³-hybridized carbons (Fsp3) is 0.455. The van der Waals surface area contributed by atoms with E-state index in [-0.39, 0.29) is 5.82 Å². The molecule has 2 heterocycles. The van der Waals surface area contributed by atoms with Crippen LogP contribution in [0.25, 0.3) is 0 Å². The van der Waals surface area contributed by atoms with Crippen LogP contribution in [0.4, 0.5) is 5.82 Å². The Morgan fingerprint density at radius 1 is 1.25 bits per heavy atom. The first kappa shape index (κ1) is 27.4. The molecule has 1 fully saturated rings. The number of ether oxygens (including phenoxy) is 1. The third-order valence-electron chi connectivity index (χ3n) is 3.61. The Balaban J connectivity index is 2.23. The van der Waals surface area contributed by atoms with Crippen molar-refractivity contribution in [2.45, 2.75) is 23.3 Å². The van der Waals surface area contributed by atoms with Crippen LogP contribution in [0.1, 0.15) is 6.23 Å². The van der Waals surface area contributed by atoms with E-state index in [4.69, 9.17) is 48.4 Å². The first-order valence-corrected chi connectivity index (χ1v) is 13.1. The normalized spacial score (nSPS) is 29.5. The minimum atomic E-state index is -5.76. The molecule has 21 heteroatoms. The number of anilines is 1. The van der Waals surface area contributed by atoms with Gasteiger partial charge in [0, 0.05) is 11.6 Å². The monoisotopic (exact) mass is 559 g/mol. The number of aliphatic hydroxyl groups is 1. The molecule has 0 bridgehead atoms. The van der Waals surface area contributed by atoms with E-state index >= 15 is 0 Å². The molecule has 180 valence electrons. The average molecular weight is 560 g/mol. The van der Waals surface area contributed by atoms with Gasteiger partial charge in [-0.1, -0.05) is 17.5 Å². The Kier molecular flexibility index (Phi) is 8.38. The number of hydrogen-bond acceptors (Lipinski definition) is 11. The smallest absolute Gasteiger partial charge is 0.387 e. The lowest BCUT2D eigenvalue weighted by Gasteiger charge is -2.25. The fourth-order valence-corrected chi connectivity index (χ4v) is 6.02. The number of hydrogen-bond donors (Lipinski definition) is 6. The zero-order valence-corrected chi connectivity index (χ0v) is 19.4. The highest BCUT2D eigenvalue weighted by Gasteiger charge is 2.56. The number of nitrogen functional groups attached to an aromatic ring is 1. The molecule has 16 nitrogen and oxygen atoms in total. The molecule has 2 rings (SSSR count). The van der Waals surface area contributed by atoms with Gasteiger partial charge >= 0.3 is 29.2 Å². The number of halogens is 2. The van der Waals surface area contributed by atoms with Crippen LogP contribution >= 0.6 is 46.7 Å². The van der Waals surface area contributed by atoms with Gasteiger partial charge in [0.2, 0.25) is 0 Å². The van der Waals surface area contributed by atoms with Gasteiger partial charge in [0.15, 0.2) is 11.1 Å². The minimum absolute atomic E-state index is 0.141. The van der Waals surface area contributed by atoms with Gasteiger partial charge in [-0.15, -0.1) is 0 Å². The molecule has 6 atom stereocenters. The molecule has 0 aromatic carbocycles. The van der Waals surface area contributed by atoms with E-state index in [0.717, 1.165) is 10.8 Å². The van der Waals surface area contributed by atoms with Crippen molar-refractivity contribution in [1.29, 1.82) is 0 Å². The topological polar surface area (TPSA) is 250 Å². The van der Waals surface area contributed by atoms with Gasteiger partial charge < -0.3 is 35.2 Å². The maximum absolute atomic E-state index is 12.1. The van der Waals surface area contributed by atoms with Crippen molar-refractivity contribution in [3.63, 3.8) is 0 Å². The Morgan fingerprint density at radius 3 is 2.41 bits per heavy atom. The van der Waals surface area contributed by atoms with Crippen molar-refractivity contribution in [1.82, 2.24) is 9.55 Å². The molecule has 0 amide bonds.